The van der Waals surface area contributed by atoms with Crippen LogP contribution in [0.3, 0.4) is 0 Å². The lowest BCUT2D eigenvalue weighted by Gasteiger charge is -2.30. The third-order valence-electron chi connectivity index (χ3n) is 4.53. The molecule has 1 heterocycles. The van der Waals surface area contributed by atoms with Crippen molar-refractivity contribution in [1.82, 2.24) is 9.62 Å². The molecule has 0 spiro atoms. The van der Waals surface area contributed by atoms with Gasteiger partial charge in [0.15, 0.2) is 0 Å². The quantitative estimate of drug-likeness (QED) is 0.791. The molecule has 0 saturated carbocycles. The summed E-state index contributed by atoms with van der Waals surface area (Å²) in [5.41, 5.74) is 7.12. The van der Waals surface area contributed by atoms with Crippen molar-refractivity contribution < 1.29 is 13.2 Å². The summed E-state index contributed by atoms with van der Waals surface area (Å²) in [5, 5.41) is 0. The van der Waals surface area contributed by atoms with E-state index in [4.69, 9.17) is 5.73 Å². The van der Waals surface area contributed by atoms with Gasteiger partial charge in [-0.05, 0) is 36.6 Å². The van der Waals surface area contributed by atoms with Crippen molar-refractivity contribution in [2.75, 3.05) is 13.1 Å². The van der Waals surface area contributed by atoms with E-state index < -0.39 is 10.0 Å². The Hall–Kier alpha value is -1.93. The highest BCUT2D eigenvalue weighted by Gasteiger charge is 2.23. The summed E-state index contributed by atoms with van der Waals surface area (Å²) in [5.74, 6) is -0.156. The summed E-state index contributed by atoms with van der Waals surface area (Å²) in [6, 6.07) is 15.6. The number of benzene rings is 2. The molecule has 1 aliphatic heterocycles. The van der Waals surface area contributed by atoms with Gasteiger partial charge in [0, 0.05) is 31.2 Å². The number of halogens is 1. The molecule has 2 aromatic carbocycles. The van der Waals surface area contributed by atoms with E-state index in [9.17, 15) is 13.2 Å². The lowest BCUT2D eigenvalue weighted by molar-refractivity contribution is 0.0714. The fraction of sp³-hybridized carbons (Fsp3) is 0.316. The van der Waals surface area contributed by atoms with Gasteiger partial charge >= 0.3 is 0 Å². The molecular weight excluding hydrogens is 386 g/mol. The highest BCUT2D eigenvalue weighted by atomic mass is 35.5. The molecule has 1 saturated heterocycles. The molecule has 27 heavy (non-hydrogen) atoms. The third-order valence-corrected chi connectivity index (χ3v) is 5.93. The third kappa shape index (κ3) is 5.52. The van der Waals surface area contributed by atoms with Crippen LogP contribution in [0.15, 0.2) is 59.5 Å². The number of carbonyl (C=O) groups excluding carboxylic acids is 1. The maximum Gasteiger partial charge on any atom is 0.253 e. The number of piperidine rings is 1. The fourth-order valence-electron chi connectivity index (χ4n) is 2.94. The Labute approximate surface area is 166 Å². The molecule has 0 radical (unpaired) electrons. The van der Waals surface area contributed by atoms with E-state index in [-0.39, 0.29) is 35.8 Å². The minimum Gasteiger partial charge on any atom is -0.339 e. The van der Waals surface area contributed by atoms with Crippen molar-refractivity contribution in [3.05, 3.63) is 65.7 Å². The zero-order chi connectivity index (χ0) is 18.6. The Morgan fingerprint density at radius 3 is 2.41 bits per heavy atom. The zero-order valence-electron chi connectivity index (χ0n) is 14.9. The number of nitrogens with zero attached hydrogens (tertiary/aromatic N) is 1. The molecule has 0 bridgehead atoms. The second kappa shape index (κ2) is 9.32. The molecule has 2 aromatic rings. The van der Waals surface area contributed by atoms with E-state index in [1.165, 1.54) is 12.1 Å². The number of hydrogen-bond acceptors (Lipinski definition) is 4. The van der Waals surface area contributed by atoms with Gasteiger partial charge in [-0.15, -0.1) is 12.4 Å². The van der Waals surface area contributed by atoms with Crippen LogP contribution < -0.4 is 10.5 Å². The van der Waals surface area contributed by atoms with Gasteiger partial charge in [-0.25, -0.2) is 13.1 Å². The van der Waals surface area contributed by atoms with E-state index >= 15 is 0 Å². The molecule has 6 nitrogen and oxygen atoms in total. The summed E-state index contributed by atoms with van der Waals surface area (Å²) in [7, 11) is -3.69. The maximum atomic E-state index is 12.6. The number of carbonyl (C=O) groups is 1. The lowest BCUT2D eigenvalue weighted by atomic mass is 10.0. The Balaban J connectivity index is 0.00000261. The van der Waals surface area contributed by atoms with Gasteiger partial charge in [0.2, 0.25) is 10.0 Å². The predicted molar refractivity (Wildman–Crippen MR) is 107 cm³/mol. The Morgan fingerprint density at radius 1 is 1.07 bits per heavy atom. The Bertz CT molecular complexity index is 867. The van der Waals surface area contributed by atoms with Gasteiger partial charge in [-0.2, -0.15) is 0 Å². The fourth-order valence-corrected chi connectivity index (χ4v) is 4.00. The van der Waals surface area contributed by atoms with Gasteiger partial charge in [0.25, 0.3) is 5.91 Å². The van der Waals surface area contributed by atoms with Crippen molar-refractivity contribution in [3.8, 4) is 0 Å². The molecule has 0 atom stereocenters. The number of amides is 1. The summed E-state index contributed by atoms with van der Waals surface area (Å²) < 4.78 is 27.7. The second-order valence-corrected chi connectivity index (χ2v) is 8.23. The van der Waals surface area contributed by atoms with Gasteiger partial charge in [-0.1, -0.05) is 36.4 Å². The first kappa shape index (κ1) is 21.4. The Kier molecular flexibility index (Phi) is 7.38. The number of likely N-dealkylation sites (tertiary alicyclic amines) is 1. The molecule has 8 heteroatoms. The zero-order valence-corrected chi connectivity index (χ0v) is 16.5. The number of sulfonamides is 1. The highest BCUT2D eigenvalue weighted by molar-refractivity contribution is 7.89. The molecule has 1 amide bonds. The van der Waals surface area contributed by atoms with Crippen LogP contribution in [0.4, 0.5) is 0 Å². The van der Waals surface area contributed by atoms with E-state index in [1.54, 1.807) is 17.0 Å². The summed E-state index contributed by atoms with van der Waals surface area (Å²) in [6.45, 7) is 1.40. The van der Waals surface area contributed by atoms with Crippen LogP contribution in [0, 0.1) is 0 Å². The average Bonchev–Trinajstić information content (AvgIpc) is 2.67. The standard InChI is InChI=1S/C19H23N3O3S.ClH/c20-17-9-11-22(12-10-17)19(23)16-7-4-8-18(13-16)26(24,25)21-14-15-5-2-1-3-6-15;/h1-8,13,17,21H,9-12,14,20H2;1H. The van der Waals surface area contributed by atoms with Gasteiger partial charge in [-0.3, -0.25) is 4.79 Å². The Morgan fingerprint density at radius 2 is 1.74 bits per heavy atom. The molecule has 0 aromatic heterocycles. The maximum absolute atomic E-state index is 12.6. The minimum atomic E-state index is -3.69. The lowest BCUT2D eigenvalue weighted by Crippen LogP contribution is -2.42. The smallest absolute Gasteiger partial charge is 0.253 e. The normalized spacial score (nSPS) is 15.2. The second-order valence-electron chi connectivity index (χ2n) is 6.47. The molecule has 0 aliphatic carbocycles. The van der Waals surface area contributed by atoms with Gasteiger partial charge in [0.05, 0.1) is 4.90 Å². The van der Waals surface area contributed by atoms with Crippen molar-refractivity contribution in [2.24, 2.45) is 5.73 Å². The minimum absolute atomic E-state index is 0. The van der Waals surface area contributed by atoms with Gasteiger partial charge < -0.3 is 10.6 Å². The topological polar surface area (TPSA) is 92.5 Å². The number of rotatable bonds is 5. The van der Waals surface area contributed by atoms with Crippen molar-refractivity contribution >= 4 is 28.3 Å². The van der Waals surface area contributed by atoms with E-state index in [0.29, 0.717) is 18.7 Å². The average molecular weight is 410 g/mol. The van der Waals surface area contributed by atoms with E-state index in [2.05, 4.69) is 4.72 Å². The highest BCUT2D eigenvalue weighted by Crippen LogP contribution is 2.16. The first-order valence-corrected chi connectivity index (χ1v) is 10.1. The molecule has 1 aliphatic rings. The molecule has 1 fully saturated rings. The first-order chi connectivity index (χ1) is 12.5. The van der Waals surface area contributed by atoms with Crippen LogP contribution >= 0.6 is 12.4 Å². The monoisotopic (exact) mass is 409 g/mol. The van der Waals surface area contributed by atoms with Crippen molar-refractivity contribution in [1.29, 1.82) is 0 Å². The van der Waals surface area contributed by atoms with Crippen LogP contribution in [0.25, 0.3) is 0 Å². The van der Waals surface area contributed by atoms with Crippen LogP contribution in [-0.2, 0) is 16.6 Å². The van der Waals surface area contributed by atoms with Crippen LogP contribution in [-0.4, -0.2) is 38.4 Å². The van der Waals surface area contributed by atoms with Crippen LogP contribution in [0.5, 0.6) is 0 Å². The molecular formula is C19H24ClN3O3S. The number of nitrogens with two attached hydrogens (primary N) is 1. The largest absolute Gasteiger partial charge is 0.339 e. The summed E-state index contributed by atoms with van der Waals surface area (Å²) in [4.78, 5) is 14.5. The van der Waals surface area contributed by atoms with Gasteiger partial charge in [0.1, 0.15) is 0 Å². The first-order valence-electron chi connectivity index (χ1n) is 8.64. The number of nitrogens with one attached hydrogen (secondary N) is 1. The van der Waals surface area contributed by atoms with Crippen LogP contribution in [0.2, 0.25) is 0 Å². The van der Waals surface area contributed by atoms with Crippen molar-refractivity contribution in [3.63, 3.8) is 0 Å². The number of hydrogen-bond donors (Lipinski definition) is 2. The molecule has 3 N–H and O–H groups in total. The molecule has 146 valence electrons. The van der Waals surface area contributed by atoms with Crippen LogP contribution in [0.1, 0.15) is 28.8 Å². The molecule has 0 unspecified atom stereocenters. The predicted octanol–water partition coefficient (Wildman–Crippen LogP) is 2.15. The summed E-state index contributed by atoms with van der Waals surface area (Å²) in [6.07, 6.45) is 1.53. The SMILES string of the molecule is Cl.NC1CCN(C(=O)c2cccc(S(=O)(=O)NCc3ccccc3)c2)CC1. The van der Waals surface area contributed by atoms with E-state index in [1.807, 2.05) is 30.3 Å². The summed E-state index contributed by atoms with van der Waals surface area (Å²) >= 11 is 0. The van der Waals surface area contributed by atoms with E-state index in [0.717, 1.165) is 18.4 Å². The van der Waals surface area contributed by atoms with Crippen molar-refractivity contribution in [2.45, 2.75) is 30.3 Å². The molecule has 3 rings (SSSR count).